The Morgan fingerprint density at radius 1 is 1.00 bits per heavy atom. The molecule has 0 saturated heterocycles. The molecule has 0 spiro atoms. The second kappa shape index (κ2) is 6.40. The summed E-state index contributed by atoms with van der Waals surface area (Å²) in [5.74, 6) is 1.08. The van der Waals surface area contributed by atoms with Gasteiger partial charge in [0, 0.05) is 11.8 Å². The first-order valence-electron chi connectivity index (χ1n) is 7.24. The largest absolute Gasteiger partial charge is 0.486 e. The third-order valence-corrected chi connectivity index (χ3v) is 4.71. The number of ether oxygens (including phenoxy) is 2. The fraction of sp³-hybridized carbons (Fsp3) is 0.188. The minimum Gasteiger partial charge on any atom is -0.486 e. The average Bonchev–Trinajstić information content (AvgIpc) is 2.54. The van der Waals surface area contributed by atoms with Gasteiger partial charge in [0.2, 0.25) is 0 Å². The van der Waals surface area contributed by atoms with Crippen molar-refractivity contribution >= 4 is 21.7 Å². The highest BCUT2D eigenvalue weighted by Gasteiger charge is 2.18. The van der Waals surface area contributed by atoms with Gasteiger partial charge in [0.1, 0.15) is 13.2 Å². The number of aryl methyl sites for hydroxylation is 1. The van der Waals surface area contributed by atoms with Crippen LogP contribution >= 0.6 is 0 Å². The van der Waals surface area contributed by atoms with Crippen LogP contribution in [0.4, 0.5) is 10.5 Å². The Kier molecular flexibility index (Phi) is 4.30. The van der Waals surface area contributed by atoms with Gasteiger partial charge in [0.15, 0.2) is 11.5 Å². The fourth-order valence-electron chi connectivity index (χ4n) is 2.18. The molecule has 0 aromatic heterocycles. The number of carbonyl (C=O) groups is 1. The smallest absolute Gasteiger partial charge is 0.333 e. The molecule has 3 rings (SSSR count). The molecule has 1 heterocycles. The van der Waals surface area contributed by atoms with Crippen molar-refractivity contribution in [1.29, 1.82) is 0 Å². The summed E-state index contributed by atoms with van der Waals surface area (Å²) in [6.07, 6.45) is 0. The predicted molar refractivity (Wildman–Crippen MR) is 88.0 cm³/mol. The Morgan fingerprint density at radius 3 is 2.38 bits per heavy atom. The lowest BCUT2D eigenvalue weighted by molar-refractivity contribution is 0.171. The number of rotatable bonds is 3. The molecule has 7 nitrogen and oxygen atoms in total. The van der Waals surface area contributed by atoms with Crippen LogP contribution < -0.4 is 19.5 Å². The maximum Gasteiger partial charge on any atom is 0.333 e. The van der Waals surface area contributed by atoms with Gasteiger partial charge in [-0.05, 0) is 31.2 Å². The molecule has 8 heteroatoms. The highest BCUT2D eigenvalue weighted by Crippen LogP contribution is 2.32. The minimum absolute atomic E-state index is 0.0189. The maximum absolute atomic E-state index is 12.2. The van der Waals surface area contributed by atoms with Gasteiger partial charge in [0.25, 0.3) is 10.0 Å². The van der Waals surface area contributed by atoms with Gasteiger partial charge in [0.05, 0.1) is 4.90 Å². The number of hydrogen-bond acceptors (Lipinski definition) is 5. The van der Waals surface area contributed by atoms with E-state index in [2.05, 4.69) is 5.32 Å². The van der Waals surface area contributed by atoms with Gasteiger partial charge < -0.3 is 14.8 Å². The zero-order valence-electron chi connectivity index (χ0n) is 12.9. The van der Waals surface area contributed by atoms with E-state index in [9.17, 15) is 13.2 Å². The monoisotopic (exact) mass is 348 g/mol. The molecule has 2 amide bonds. The summed E-state index contributed by atoms with van der Waals surface area (Å²) in [4.78, 5) is 12.0. The van der Waals surface area contributed by atoms with Crippen LogP contribution in [0.3, 0.4) is 0 Å². The molecule has 2 aromatic rings. The summed E-state index contributed by atoms with van der Waals surface area (Å²) in [6, 6.07) is 10.2. The van der Waals surface area contributed by atoms with Crippen LogP contribution in [0, 0.1) is 6.92 Å². The Hall–Kier alpha value is -2.74. The molecule has 0 atom stereocenters. The highest BCUT2D eigenvalue weighted by atomic mass is 32.2. The van der Waals surface area contributed by atoms with Crippen LogP contribution in [0.25, 0.3) is 0 Å². The first-order chi connectivity index (χ1) is 11.4. The number of fused-ring (bicyclic) bond motifs is 1. The number of amides is 2. The lowest BCUT2D eigenvalue weighted by Crippen LogP contribution is -2.34. The van der Waals surface area contributed by atoms with Gasteiger partial charge in [-0.2, -0.15) is 0 Å². The van der Waals surface area contributed by atoms with E-state index in [1.165, 1.54) is 12.1 Å². The molecule has 0 unspecified atom stereocenters. The van der Waals surface area contributed by atoms with Gasteiger partial charge in [-0.15, -0.1) is 0 Å². The molecule has 1 aliphatic rings. The Labute approximate surface area is 139 Å². The van der Waals surface area contributed by atoms with Gasteiger partial charge in [-0.3, -0.25) is 0 Å². The van der Waals surface area contributed by atoms with E-state index in [-0.39, 0.29) is 4.90 Å². The fourth-order valence-corrected chi connectivity index (χ4v) is 3.08. The van der Waals surface area contributed by atoms with Gasteiger partial charge in [-0.1, -0.05) is 17.7 Å². The van der Waals surface area contributed by atoms with Crippen LogP contribution in [0.2, 0.25) is 0 Å². The predicted octanol–water partition coefficient (Wildman–Crippen LogP) is 2.28. The van der Waals surface area contributed by atoms with Crippen LogP contribution in [0.1, 0.15) is 5.56 Å². The van der Waals surface area contributed by atoms with Crippen LogP contribution in [-0.2, 0) is 10.0 Å². The number of nitrogens with one attached hydrogen (secondary N) is 2. The van der Waals surface area contributed by atoms with Crippen molar-refractivity contribution in [3.8, 4) is 11.5 Å². The molecule has 0 radical (unpaired) electrons. The third-order valence-electron chi connectivity index (χ3n) is 3.36. The number of benzene rings is 2. The molecule has 2 aromatic carbocycles. The summed E-state index contributed by atoms with van der Waals surface area (Å²) >= 11 is 0. The van der Waals surface area contributed by atoms with Gasteiger partial charge >= 0.3 is 6.03 Å². The second-order valence-corrected chi connectivity index (χ2v) is 6.91. The lowest BCUT2D eigenvalue weighted by atomic mass is 10.2. The van der Waals surface area contributed by atoms with Crippen molar-refractivity contribution in [3.63, 3.8) is 0 Å². The molecule has 0 aliphatic carbocycles. The van der Waals surface area contributed by atoms with Crippen molar-refractivity contribution < 1.29 is 22.7 Å². The first kappa shape index (κ1) is 16.1. The van der Waals surface area contributed by atoms with Crippen LogP contribution in [0.15, 0.2) is 47.4 Å². The molecule has 24 heavy (non-hydrogen) atoms. The number of urea groups is 1. The van der Waals surface area contributed by atoms with Crippen molar-refractivity contribution in [1.82, 2.24) is 4.72 Å². The molecule has 2 N–H and O–H groups in total. The average molecular weight is 348 g/mol. The zero-order chi connectivity index (χ0) is 17.2. The molecule has 0 bridgehead atoms. The number of hydrogen-bond donors (Lipinski definition) is 2. The zero-order valence-corrected chi connectivity index (χ0v) is 13.7. The number of anilines is 1. The van der Waals surface area contributed by atoms with E-state index in [1.807, 2.05) is 11.6 Å². The van der Waals surface area contributed by atoms with E-state index in [0.29, 0.717) is 30.4 Å². The Balaban J connectivity index is 1.70. The molecule has 1 aliphatic heterocycles. The van der Waals surface area contributed by atoms with Gasteiger partial charge in [-0.25, -0.2) is 17.9 Å². The summed E-state index contributed by atoms with van der Waals surface area (Å²) in [6.45, 7) is 2.73. The molecular weight excluding hydrogens is 332 g/mol. The molecular formula is C16H16N2O5S. The van der Waals surface area contributed by atoms with Crippen molar-refractivity contribution in [2.75, 3.05) is 18.5 Å². The lowest BCUT2D eigenvalue weighted by Gasteiger charge is -2.19. The van der Waals surface area contributed by atoms with Crippen molar-refractivity contribution in [3.05, 3.63) is 48.0 Å². The summed E-state index contributed by atoms with van der Waals surface area (Å²) in [5, 5.41) is 2.46. The van der Waals surface area contributed by atoms with Crippen molar-refractivity contribution in [2.45, 2.75) is 11.8 Å². The van der Waals surface area contributed by atoms with Crippen LogP contribution in [-0.4, -0.2) is 27.7 Å². The quantitative estimate of drug-likeness (QED) is 0.887. The molecule has 126 valence electrons. The Bertz CT molecular complexity index is 863. The van der Waals surface area contributed by atoms with E-state index >= 15 is 0 Å². The standard InChI is InChI=1S/C16H16N2O5S/c1-11-2-5-13(6-3-11)24(20,21)18-16(19)17-12-4-7-14-15(10-12)23-9-8-22-14/h2-7,10H,8-9H2,1H3,(H2,17,18,19). The normalized spacial score (nSPS) is 13.2. The third kappa shape index (κ3) is 3.60. The number of sulfonamides is 1. The summed E-state index contributed by atoms with van der Waals surface area (Å²) in [5.41, 5.74) is 1.32. The second-order valence-electron chi connectivity index (χ2n) is 5.23. The maximum atomic E-state index is 12.2. The first-order valence-corrected chi connectivity index (χ1v) is 8.72. The topological polar surface area (TPSA) is 93.7 Å². The highest BCUT2D eigenvalue weighted by molar-refractivity contribution is 7.90. The molecule has 0 fully saturated rings. The molecule has 0 saturated carbocycles. The van der Waals surface area contributed by atoms with E-state index in [4.69, 9.17) is 9.47 Å². The van der Waals surface area contributed by atoms with E-state index in [0.717, 1.165) is 5.56 Å². The Morgan fingerprint density at radius 2 is 1.67 bits per heavy atom. The summed E-state index contributed by atoms with van der Waals surface area (Å²) < 4.78 is 37.1. The van der Waals surface area contributed by atoms with E-state index < -0.39 is 16.1 Å². The number of carbonyl (C=O) groups excluding carboxylic acids is 1. The minimum atomic E-state index is -3.93. The van der Waals surface area contributed by atoms with Crippen molar-refractivity contribution in [2.24, 2.45) is 0 Å². The SMILES string of the molecule is Cc1ccc(S(=O)(=O)NC(=O)Nc2ccc3c(c2)OCCO3)cc1. The van der Waals surface area contributed by atoms with E-state index in [1.54, 1.807) is 30.3 Å². The summed E-state index contributed by atoms with van der Waals surface area (Å²) in [7, 11) is -3.93. The van der Waals surface area contributed by atoms with Crippen LogP contribution in [0.5, 0.6) is 11.5 Å².